The number of nitrogens with two attached hydrogens (primary N) is 1. The van der Waals surface area contributed by atoms with Gasteiger partial charge in [-0.3, -0.25) is 0 Å². The Morgan fingerprint density at radius 1 is 1.33 bits per heavy atom. The lowest BCUT2D eigenvalue weighted by Gasteiger charge is -2.32. The average molecular weight is 382 g/mol. The van der Waals surface area contributed by atoms with Crippen LogP contribution in [0.15, 0.2) is 16.6 Å². The first kappa shape index (κ1) is 16.8. The summed E-state index contributed by atoms with van der Waals surface area (Å²) in [7, 11) is -3.10. The molecule has 118 valence electrons. The van der Waals surface area contributed by atoms with E-state index in [9.17, 15) is 17.2 Å². The molecule has 2 rings (SSSR count). The van der Waals surface area contributed by atoms with Crippen molar-refractivity contribution < 1.29 is 17.2 Å². The minimum Gasteiger partial charge on any atom is -0.324 e. The molecule has 1 aromatic carbocycles. The monoisotopic (exact) mass is 381 g/mol. The average Bonchev–Trinajstić information content (AvgIpc) is 2.43. The molecular formula is C14H18BrF2NO2S. The molecule has 0 amide bonds. The van der Waals surface area contributed by atoms with Crippen molar-refractivity contribution in [1.29, 1.82) is 0 Å². The molecule has 3 atom stereocenters. The van der Waals surface area contributed by atoms with Crippen LogP contribution >= 0.6 is 15.9 Å². The summed E-state index contributed by atoms with van der Waals surface area (Å²) in [5.41, 5.74) is 6.66. The zero-order chi connectivity index (χ0) is 15.8. The van der Waals surface area contributed by atoms with Crippen LogP contribution in [-0.4, -0.2) is 19.9 Å². The third kappa shape index (κ3) is 3.63. The summed E-state index contributed by atoms with van der Waals surface area (Å²) < 4.78 is 50.2. The summed E-state index contributed by atoms with van der Waals surface area (Å²) in [6.45, 7) is 0. The molecule has 21 heavy (non-hydrogen) atoms. The maximum Gasteiger partial charge on any atom is 0.173 e. The fourth-order valence-electron chi connectivity index (χ4n) is 2.95. The molecule has 0 radical (unpaired) electrons. The van der Waals surface area contributed by atoms with E-state index in [1.54, 1.807) is 0 Å². The fourth-order valence-corrected chi connectivity index (χ4v) is 4.73. The highest BCUT2D eigenvalue weighted by molar-refractivity contribution is 9.10. The number of sulfone groups is 1. The van der Waals surface area contributed by atoms with E-state index >= 15 is 0 Å². The molecule has 0 heterocycles. The van der Waals surface area contributed by atoms with Gasteiger partial charge in [-0.2, -0.15) is 0 Å². The number of benzene rings is 1. The topological polar surface area (TPSA) is 60.2 Å². The summed E-state index contributed by atoms with van der Waals surface area (Å²) in [5.74, 6) is -1.95. The van der Waals surface area contributed by atoms with Gasteiger partial charge in [0.25, 0.3) is 0 Å². The largest absolute Gasteiger partial charge is 0.324 e. The van der Waals surface area contributed by atoms with Gasteiger partial charge >= 0.3 is 0 Å². The zero-order valence-electron chi connectivity index (χ0n) is 11.7. The van der Waals surface area contributed by atoms with Crippen molar-refractivity contribution in [2.75, 3.05) is 6.26 Å². The van der Waals surface area contributed by atoms with Crippen LogP contribution in [0.4, 0.5) is 8.78 Å². The Hall–Kier alpha value is -0.530. The quantitative estimate of drug-likeness (QED) is 0.816. The fraction of sp³-hybridized carbons (Fsp3) is 0.571. The summed E-state index contributed by atoms with van der Waals surface area (Å²) >= 11 is 3.04. The van der Waals surface area contributed by atoms with Crippen LogP contribution in [0.3, 0.4) is 0 Å². The van der Waals surface area contributed by atoms with Crippen molar-refractivity contribution in [3.05, 3.63) is 33.8 Å². The second kappa shape index (κ2) is 6.30. The SMILES string of the molecule is CS(=O)(=O)C1CCCC(C(N)c2ccc(F)c(F)c2Br)C1. The van der Waals surface area contributed by atoms with Gasteiger partial charge in [-0.25, -0.2) is 17.2 Å². The molecule has 2 N–H and O–H groups in total. The van der Waals surface area contributed by atoms with Gasteiger partial charge in [-0.05, 0) is 52.7 Å². The van der Waals surface area contributed by atoms with Crippen LogP contribution in [-0.2, 0) is 9.84 Å². The molecule has 1 aliphatic carbocycles. The van der Waals surface area contributed by atoms with E-state index in [0.717, 1.165) is 18.9 Å². The molecule has 0 aromatic heterocycles. The molecule has 0 saturated heterocycles. The van der Waals surface area contributed by atoms with Gasteiger partial charge in [0.05, 0.1) is 9.72 Å². The molecular weight excluding hydrogens is 364 g/mol. The standard InChI is InChI=1S/C14H18BrF2NO2S/c1-21(19,20)9-4-2-3-8(7-9)14(18)10-5-6-11(16)13(17)12(10)15/h5-6,8-9,14H,2-4,7,18H2,1H3. The lowest BCUT2D eigenvalue weighted by molar-refractivity contribution is 0.307. The Bertz CT molecular complexity index is 636. The lowest BCUT2D eigenvalue weighted by Crippen LogP contribution is -2.33. The number of halogens is 3. The normalized spacial score (nSPS) is 24.8. The van der Waals surface area contributed by atoms with Gasteiger partial charge in [-0.15, -0.1) is 0 Å². The second-order valence-electron chi connectivity index (χ2n) is 5.67. The van der Waals surface area contributed by atoms with Gasteiger partial charge in [0.15, 0.2) is 11.6 Å². The lowest BCUT2D eigenvalue weighted by atomic mass is 9.81. The Kier molecular flexibility index (Phi) is 5.05. The van der Waals surface area contributed by atoms with Crippen molar-refractivity contribution >= 4 is 25.8 Å². The van der Waals surface area contributed by atoms with Gasteiger partial charge in [-0.1, -0.05) is 12.5 Å². The van der Waals surface area contributed by atoms with Crippen LogP contribution in [0.2, 0.25) is 0 Å². The first-order valence-corrected chi connectivity index (χ1v) is 9.54. The maximum atomic E-state index is 13.6. The maximum absolute atomic E-state index is 13.6. The molecule has 1 fully saturated rings. The molecule has 1 aliphatic rings. The predicted octanol–water partition coefficient (Wildman–Crippen LogP) is 3.33. The zero-order valence-corrected chi connectivity index (χ0v) is 14.1. The van der Waals surface area contributed by atoms with Crippen molar-refractivity contribution in [2.24, 2.45) is 11.7 Å². The molecule has 0 spiro atoms. The Morgan fingerprint density at radius 3 is 2.62 bits per heavy atom. The number of rotatable bonds is 3. The summed E-state index contributed by atoms with van der Waals surface area (Å²) in [4.78, 5) is 0. The summed E-state index contributed by atoms with van der Waals surface area (Å²) in [6, 6.07) is 1.99. The van der Waals surface area contributed by atoms with Crippen LogP contribution < -0.4 is 5.73 Å². The molecule has 3 unspecified atom stereocenters. The predicted molar refractivity (Wildman–Crippen MR) is 81.6 cm³/mol. The van der Waals surface area contributed by atoms with E-state index in [1.807, 2.05) is 0 Å². The molecule has 3 nitrogen and oxygen atoms in total. The second-order valence-corrected chi connectivity index (χ2v) is 8.79. The van der Waals surface area contributed by atoms with Crippen LogP contribution in [0.1, 0.15) is 37.3 Å². The van der Waals surface area contributed by atoms with Crippen LogP contribution in [0.25, 0.3) is 0 Å². The van der Waals surface area contributed by atoms with Gasteiger partial charge in [0.2, 0.25) is 0 Å². The minimum absolute atomic E-state index is 0.0245. The van der Waals surface area contributed by atoms with E-state index in [2.05, 4.69) is 15.9 Å². The van der Waals surface area contributed by atoms with Crippen molar-refractivity contribution in [2.45, 2.75) is 37.0 Å². The molecule has 7 heteroatoms. The van der Waals surface area contributed by atoms with Crippen molar-refractivity contribution in [1.82, 2.24) is 0 Å². The highest BCUT2D eigenvalue weighted by atomic mass is 79.9. The molecule has 0 aliphatic heterocycles. The first-order chi connectivity index (χ1) is 9.71. The van der Waals surface area contributed by atoms with Crippen molar-refractivity contribution in [3.63, 3.8) is 0 Å². The highest BCUT2D eigenvalue weighted by Crippen LogP contribution is 2.38. The molecule has 1 saturated carbocycles. The number of hydrogen-bond donors (Lipinski definition) is 1. The van der Waals surface area contributed by atoms with Crippen LogP contribution in [0, 0.1) is 17.6 Å². The Balaban J connectivity index is 2.24. The molecule has 1 aromatic rings. The van der Waals surface area contributed by atoms with Gasteiger partial charge < -0.3 is 5.73 Å². The Labute approximate surface area is 132 Å². The highest BCUT2D eigenvalue weighted by Gasteiger charge is 2.33. The number of hydrogen-bond acceptors (Lipinski definition) is 3. The minimum atomic E-state index is -3.10. The summed E-state index contributed by atoms with van der Waals surface area (Å²) in [5, 5.41) is -0.397. The van der Waals surface area contributed by atoms with Crippen molar-refractivity contribution in [3.8, 4) is 0 Å². The van der Waals surface area contributed by atoms with Gasteiger partial charge in [0, 0.05) is 12.3 Å². The summed E-state index contributed by atoms with van der Waals surface area (Å²) in [6.07, 6.45) is 3.90. The van der Waals surface area contributed by atoms with E-state index in [0.29, 0.717) is 18.4 Å². The molecule has 0 bridgehead atoms. The third-order valence-corrected chi connectivity index (χ3v) is 6.65. The van der Waals surface area contributed by atoms with Crippen LogP contribution in [0.5, 0.6) is 0 Å². The Morgan fingerprint density at radius 2 is 2.00 bits per heavy atom. The third-order valence-electron chi connectivity index (χ3n) is 4.20. The first-order valence-electron chi connectivity index (χ1n) is 6.79. The van der Waals surface area contributed by atoms with E-state index in [-0.39, 0.29) is 10.4 Å². The van der Waals surface area contributed by atoms with E-state index in [4.69, 9.17) is 5.73 Å². The van der Waals surface area contributed by atoms with Gasteiger partial charge in [0.1, 0.15) is 9.84 Å². The smallest absolute Gasteiger partial charge is 0.173 e. The van der Waals surface area contributed by atoms with E-state index in [1.165, 1.54) is 12.3 Å². The van der Waals surface area contributed by atoms with E-state index < -0.39 is 32.8 Å².